The van der Waals surface area contributed by atoms with Gasteiger partial charge in [-0.25, -0.2) is 4.68 Å². The Bertz CT molecular complexity index is 304. The summed E-state index contributed by atoms with van der Waals surface area (Å²) in [7, 11) is 0. The number of hydrogen-bond donors (Lipinski definition) is 1. The van der Waals surface area contributed by atoms with Crippen LogP contribution in [-0.2, 0) is 11.5 Å². The molecule has 0 aromatic carbocycles. The molecule has 1 aromatic rings. The molecule has 4 nitrogen and oxygen atoms in total. The van der Waals surface area contributed by atoms with E-state index >= 15 is 0 Å². The highest BCUT2D eigenvalue weighted by Gasteiger charge is 2.06. The zero-order valence-corrected chi connectivity index (χ0v) is 8.08. The summed E-state index contributed by atoms with van der Waals surface area (Å²) in [4.78, 5) is 0. The van der Waals surface area contributed by atoms with Gasteiger partial charge in [-0.15, -0.1) is 6.58 Å². The number of aryl methyl sites for hydroxylation is 1. The second-order valence-corrected chi connectivity index (χ2v) is 2.87. The van der Waals surface area contributed by atoms with Crippen molar-refractivity contribution in [3.8, 4) is 0 Å². The first kappa shape index (κ1) is 9.80. The summed E-state index contributed by atoms with van der Waals surface area (Å²) in [5, 5.41) is 4.21. The molecule has 72 valence electrons. The summed E-state index contributed by atoms with van der Waals surface area (Å²) in [6, 6.07) is 0. The molecular formula is C9H15N3O. The van der Waals surface area contributed by atoms with Gasteiger partial charge in [-0.1, -0.05) is 6.08 Å². The van der Waals surface area contributed by atoms with Crippen LogP contribution in [0.4, 0.5) is 5.69 Å². The summed E-state index contributed by atoms with van der Waals surface area (Å²) in [6.07, 6.45) is 1.70. The van der Waals surface area contributed by atoms with Gasteiger partial charge in [-0.2, -0.15) is 5.10 Å². The van der Waals surface area contributed by atoms with Gasteiger partial charge in [0.05, 0.1) is 23.7 Å². The minimum atomic E-state index is 0.426. The third-order valence-corrected chi connectivity index (χ3v) is 1.89. The van der Waals surface area contributed by atoms with Crippen molar-refractivity contribution >= 4 is 5.69 Å². The molecule has 0 aliphatic carbocycles. The molecule has 0 radical (unpaired) electrons. The molecule has 0 saturated carbocycles. The van der Waals surface area contributed by atoms with Crippen LogP contribution in [-0.4, -0.2) is 16.4 Å². The van der Waals surface area contributed by atoms with Gasteiger partial charge < -0.3 is 10.5 Å². The molecule has 0 aliphatic rings. The Labute approximate surface area is 78.0 Å². The van der Waals surface area contributed by atoms with E-state index in [0.717, 1.165) is 17.1 Å². The van der Waals surface area contributed by atoms with E-state index in [2.05, 4.69) is 11.7 Å². The Morgan fingerprint density at radius 3 is 2.77 bits per heavy atom. The normalized spacial score (nSPS) is 10.3. The van der Waals surface area contributed by atoms with E-state index in [1.54, 1.807) is 10.8 Å². The fourth-order valence-electron chi connectivity index (χ4n) is 1.06. The number of aromatic nitrogens is 2. The highest BCUT2D eigenvalue weighted by atomic mass is 16.5. The molecular weight excluding hydrogens is 166 g/mol. The van der Waals surface area contributed by atoms with E-state index < -0.39 is 0 Å². The molecule has 0 bridgehead atoms. The lowest BCUT2D eigenvalue weighted by Gasteiger charge is -2.03. The Morgan fingerprint density at radius 1 is 1.62 bits per heavy atom. The molecule has 4 heteroatoms. The van der Waals surface area contributed by atoms with Gasteiger partial charge in [-0.3, -0.25) is 0 Å². The van der Waals surface area contributed by atoms with Gasteiger partial charge in [0.25, 0.3) is 0 Å². The Kier molecular flexibility index (Phi) is 3.08. The first-order valence-corrected chi connectivity index (χ1v) is 4.15. The van der Waals surface area contributed by atoms with Gasteiger partial charge in [0.15, 0.2) is 0 Å². The molecule has 0 atom stereocenters. The summed E-state index contributed by atoms with van der Waals surface area (Å²) in [6.45, 7) is 8.31. The maximum Gasteiger partial charge on any atom is 0.140 e. The fraction of sp³-hybridized carbons (Fsp3) is 0.444. The maximum atomic E-state index is 5.75. The van der Waals surface area contributed by atoms with E-state index in [1.165, 1.54) is 0 Å². The van der Waals surface area contributed by atoms with Crippen molar-refractivity contribution in [2.75, 3.05) is 12.3 Å². The average molecular weight is 181 g/mol. The van der Waals surface area contributed by atoms with Gasteiger partial charge in [0.1, 0.15) is 6.73 Å². The van der Waals surface area contributed by atoms with E-state index in [-0.39, 0.29) is 0 Å². The van der Waals surface area contributed by atoms with Crippen molar-refractivity contribution < 1.29 is 4.74 Å². The number of anilines is 1. The molecule has 0 spiro atoms. The second-order valence-electron chi connectivity index (χ2n) is 2.87. The van der Waals surface area contributed by atoms with Crippen LogP contribution in [0.15, 0.2) is 12.7 Å². The van der Waals surface area contributed by atoms with Crippen molar-refractivity contribution in [3.05, 3.63) is 24.0 Å². The first-order valence-electron chi connectivity index (χ1n) is 4.15. The number of nitrogens with two attached hydrogens (primary N) is 1. The van der Waals surface area contributed by atoms with Crippen LogP contribution in [0.5, 0.6) is 0 Å². The lowest BCUT2D eigenvalue weighted by molar-refractivity contribution is 0.0894. The van der Waals surface area contributed by atoms with E-state index in [4.69, 9.17) is 10.5 Å². The number of hydrogen-bond acceptors (Lipinski definition) is 3. The summed E-state index contributed by atoms with van der Waals surface area (Å²) in [5.41, 5.74) is 8.28. The molecule has 1 heterocycles. The molecule has 13 heavy (non-hydrogen) atoms. The molecule has 0 aliphatic heterocycles. The molecule has 0 saturated heterocycles. The number of rotatable bonds is 4. The van der Waals surface area contributed by atoms with Crippen LogP contribution in [0.1, 0.15) is 11.4 Å². The Hall–Kier alpha value is -1.29. The second kappa shape index (κ2) is 4.09. The lowest BCUT2D eigenvalue weighted by Crippen LogP contribution is -2.06. The SMILES string of the molecule is C=CCOCn1nc(C)c(N)c1C. The van der Waals surface area contributed by atoms with Gasteiger partial charge in [-0.05, 0) is 13.8 Å². The summed E-state index contributed by atoms with van der Waals surface area (Å²) >= 11 is 0. The third kappa shape index (κ3) is 2.09. The molecule has 1 aromatic heterocycles. The zero-order valence-electron chi connectivity index (χ0n) is 8.08. The largest absolute Gasteiger partial charge is 0.396 e. The highest BCUT2D eigenvalue weighted by molar-refractivity contribution is 5.46. The number of nitrogens with zero attached hydrogens (tertiary/aromatic N) is 2. The maximum absolute atomic E-state index is 5.75. The van der Waals surface area contributed by atoms with Gasteiger partial charge in [0.2, 0.25) is 0 Å². The van der Waals surface area contributed by atoms with Gasteiger partial charge >= 0.3 is 0 Å². The molecule has 1 rings (SSSR count). The first-order chi connectivity index (χ1) is 6.16. The zero-order chi connectivity index (χ0) is 9.84. The fourth-order valence-corrected chi connectivity index (χ4v) is 1.06. The monoisotopic (exact) mass is 181 g/mol. The molecule has 2 N–H and O–H groups in total. The van der Waals surface area contributed by atoms with E-state index in [1.807, 2.05) is 13.8 Å². The summed E-state index contributed by atoms with van der Waals surface area (Å²) in [5.74, 6) is 0. The number of nitrogen functional groups attached to an aromatic ring is 1. The van der Waals surface area contributed by atoms with Crippen molar-refractivity contribution in [3.63, 3.8) is 0 Å². The lowest BCUT2D eigenvalue weighted by atomic mass is 10.3. The highest BCUT2D eigenvalue weighted by Crippen LogP contribution is 2.14. The number of ether oxygens (including phenoxy) is 1. The standard InChI is InChI=1S/C9H15N3O/c1-4-5-13-6-12-8(3)9(10)7(2)11-12/h4H,1,5-6,10H2,2-3H3. The molecule has 0 amide bonds. The molecule has 0 fully saturated rings. The predicted octanol–water partition coefficient (Wildman–Crippen LogP) is 1.24. The van der Waals surface area contributed by atoms with Crippen molar-refractivity contribution in [2.45, 2.75) is 20.6 Å². The quantitative estimate of drug-likeness (QED) is 0.561. The third-order valence-electron chi connectivity index (χ3n) is 1.89. The van der Waals surface area contributed by atoms with Crippen LogP contribution < -0.4 is 5.73 Å². The van der Waals surface area contributed by atoms with Crippen LogP contribution in [0.25, 0.3) is 0 Å². The smallest absolute Gasteiger partial charge is 0.140 e. The summed E-state index contributed by atoms with van der Waals surface area (Å²) < 4.78 is 6.99. The topological polar surface area (TPSA) is 53.1 Å². The average Bonchev–Trinajstić information content (AvgIpc) is 2.34. The van der Waals surface area contributed by atoms with Crippen LogP contribution in [0, 0.1) is 13.8 Å². The van der Waals surface area contributed by atoms with E-state index in [9.17, 15) is 0 Å². The van der Waals surface area contributed by atoms with Gasteiger partial charge in [0, 0.05) is 0 Å². The minimum absolute atomic E-state index is 0.426. The van der Waals surface area contributed by atoms with Crippen molar-refractivity contribution in [2.24, 2.45) is 0 Å². The van der Waals surface area contributed by atoms with Crippen LogP contribution >= 0.6 is 0 Å². The van der Waals surface area contributed by atoms with Crippen LogP contribution in [0.2, 0.25) is 0 Å². The Morgan fingerprint density at radius 2 is 2.31 bits per heavy atom. The minimum Gasteiger partial charge on any atom is -0.396 e. The predicted molar refractivity (Wildman–Crippen MR) is 52.3 cm³/mol. The Balaban J connectivity index is 2.66. The van der Waals surface area contributed by atoms with Crippen molar-refractivity contribution in [1.29, 1.82) is 0 Å². The molecule has 0 unspecified atom stereocenters. The van der Waals surface area contributed by atoms with Crippen molar-refractivity contribution in [1.82, 2.24) is 9.78 Å². The van der Waals surface area contributed by atoms with Crippen LogP contribution in [0.3, 0.4) is 0 Å². The van der Waals surface area contributed by atoms with E-state index in [0.29, 0.717) is 13.3 Å².